The molecule has 0 radical (unpaired) electrons. The number of piperidine rings is 1. The van der Waals surface area contributed by atoms with Gasteiger partial charge in [0.25, 0.3) is 0 Å². The third-order valence-electron chi connectivity index (χ3n) is 6.28. The predicted molar refractivity (Wildman–Crippen MR) is 116 cm³/mol. The Morgan fingerprint density at radius 3 is 2.53 bits per heavy atom. The predicted octanol–water partition coefficient (Wildman–Crippen LogP) is 3.33. The second-order valence-electron chi connectivity index (χ2n) is 9.09. The molecule has 6 heteroatoms. The first-order valence-corrected chi connectivity index (χ1v) is 11.2. The number of rotatable bonds is 8. The molecule has 1 spiro atoms. The van der Waals surface area contributed by atoms with Crippen molar-refractivity contribution in [3.05, 3.63) is 29.8 Å². The van der Waals surface area contributed by atoms with Crippen LogP contribution in [0.2, 0.25) is 0 Å². The third kappa shape index (κ3) is 6.21. The lowest BCUT2D eigenvalue weighted by Crippen LogP contribution is -2.47. The van der Waals surface area contributed by atoms with Crippen LogP contribution in [-0.2, 0) is 20.7 Å². The normalized spacial score (nSPS) is 20.5. The highest BCUT2D eigenvalue weighted by Crippen LogP contribution is 2.38. The molecule has 2 saturated heterocycles. The minimum Gasteiger partial charge on any atom is -0.497 e. The van der Waals surface area contributed by atoms with Crippen LogP contribution in [0.25, 0.3) is 0 Å². The summed E-state index contributed by atoms with van der Waals surface area (Å²) in [5.41, 5.74) is 1.02. The molecule has 1 atom stereocenters. The maximum Gasteiger partial charge on any atom is 0.222 e. The summed E-state index contributed by atoms with van der Waals surface area (Å²) in [5, 5.41) is 3.03. The van der Waals surface area contributed by atoms with Gasteiger partial charge in [0.05, 0.1) is 18.8 Å². The summed E-state index contributed by atoms with van der Waals surface area (Å²) in [6.45, 7) is 6.30. The second-order valence-corrected chi connectivity index (χ2v) is 9.09. The molecule has 2 aliphatic heterocycles. The monoisotopic (exact) mass is 416 g/mol. The van der Waals surface area contributed by atoms with Gasteiger partial charge in [-0.05, 0) is 55.7 Å². The molecular weight excluding hydrogens is 380 g/mol. The van der Waals surface area contributed by atoms with Crippen molar-refractivity contribution in [1.29, 1.82) is 0 Å². The van der Waals surface area contributed by atoms with Crippen molar-refractivity contribution in [3.63, 3.8) is 0 Å². The first-order chi connectivity index (χ1) is 14.4. The Morgan fingerprint density at radius 1 is 1.20 bits per heavy atom. The molecule has 2 amide bonds. The largest absolute Gasteiger partial charge is 0.497 e. The van der Waals surface area contributed by atoms with Crippen LogP contribution in [0.5, 0.6) is 5.75 Å². The molecule has 0 unspecified atom stereocenters. The van der Waals surface area contributed by atoms with Gasteiger partial charge in [-0.25, -0.2) is 0 Å². The van der Waals surface area contributed by atoms with Crippen molar-refractivity contribution in [2.24, 2.45) is 5.92 Å². The summed E-state index contributed by atoms with van der Waals surface area (Å²) in [6, 6.07) is 7.82. The van der Waals surface area contributed by atoms with Crippen molar-refractivity contribution >= 4 is 11.8 Å². The number of carbonyl (C=O) groups is 2. The molecule has 0 aromatic heterocycles. The topological polar surface area (TPSA) is 67.9 Å². The van der Waals surface area contributed by atoms with Gasteiger partial charge in [0.1, 0.15) is 5.75 Å². The van der Waals surface area contributed by atoms with E-state index in [1.54, 1.807) is 7.11 Å². The Balaban J connectivity index is 1.35. The van der Waals surface area contributed by atoms with Crippen molar-refractivity contribution in [2.45, 2.75) is 70.5 Å². The lowest BCUT2D eigenvalue weighted by atomic mass is 9.88. The fourth-order valence-electron chi connectivity index (χ4n) is 4.42. The molecule has 0 bridgehead atoms. The number of hydrogen-bond donors (Lipinski definition) is 1. The van der Waals surface area contributed by atoms with Gasteiger partial charge in [0, 0.05) is 32.5 Å². The number of hydrogen-bond acceptors (Lipinski definition) is 4. The van der Waals surface area contributed by atoms with Gasteiger partial charge in [-0.15, -0.1) is 0 Å². The highest BCUT2D eigenvalue weighted by atomic mass is 16.5. The number of amides is 2. The Hall–Kier alpha value is -2.08. The summed E-state index contributed by atoms with van der Waals surface area (Å²) in [7, 11) is 1.65. The van der Waals surface area contributed by atoms with Gasteiger partial charge in [-0.2, -0.15) is 0 Å². The molecule has 0 aliphatic carbocycles. The van der Waals surface area contributed by atoms with Crippen molar-refractivity contribution in [2.75, 3.05) is 26.7 Å². The molecule has 2 fully saturated rings. The SMILES string of the molecule is COc1ccc(CCC(=O)NC[C@H]2CCC3(CCN(C(=O)CC(C)C)CC3)O2)cc1. The zero-order chi connectivity index (χ0) is 21.6. The van der Waals surface area contributed by atoms with Crippen LogP contribution in [0.1, 0.15) is 57.9 Å². The van der Waals surface area contributed by atoms with E-state index in [1.165, 1.54) is 0 Å². The fourth-order valence-corrected chi connectivity index (χ4v) is 4.42. The molecule has 3 rings (SSSR count). The molecule has 1 N–H and O–H groups in total. The van der Waals surface area contributed by atoms with Gasteiger partial charge >= 0.3 is 0 Å². The maximum absolute atomic E-state index is 12.3. The number of nitrogens with zero attached hydrogens (tertiary/aromatic N) is 1. The molecule has 30 heavy (non-hydrogen) atoms. The van der Waals surface area contributed by atoms with Crippen LogP contribution in [0.3, 0.4) is 0 Å². The van der Waals surface area contributed by atoms with Crippen LogP contribution in [0.4, 0.5) is 0 Å². The quantitative estimate of drug-likeness (QED) is 0.706. The van der Waals surface area contributed by atoms with Crippen LogP contribution >= 0.6 is 0 Å². The lowest BCUT2D eigenvalue weighted by molar-refractivity contribution is -0.138. The van der Waals surface area contributed by atoms with Crippen LogP contribution in [0, 0.1) is 5.92 Å². The number of nitrogens with one attached hydrogen (secondary N) is 1. The lowest BCUT2D eigenvalue weighted by Gasteiger charge is -2.39. The summed E-state index contributed by atoms with van der Waals surface area (Å²) in [4.78, 5) is 26.5. The number of ether oxygens (including phenoxy) is 2. The van der Waals surface area contributed by atoms with Gasteiger partial charge in [-0.1, -0.05) is 26.0 Å². The Bertz CT molecular complexity index is 708. The summed E-state index contributed by atoms with van der Waals surface area (Å²) in [6.07, 6.45) is 5.68. The molecule has 6 nitrogen and oxygen atoms in total. The van der Waals surface area contributed by atoms with E-state index in [0.29, 0.717) is 31.7 Å². The molecule has 166 valence electrons. The fraction of sp³-hybridized carbons (Fsp3) is 0.667. The van der Waals surface area contributed by atoms with Gasteiger partial charge in [-0.3, -0.25) is 9.59 Å². The highest BCUT2D eigenvalue weighted by molar-refractivity contribution is 5.76. The van der Waals surface area contributed by atoms with E-state index in [4.69, 9.17) is 9.47 Å². The van der Waals surface area contributed by atoms with Crippen molar-refractivity contribution in [3.8, 4) is 5.75 Å². The standard InChI is InChI=1S/C24H36N2O4/c1-18(2)16-23(28)26-14-12-24(13-15-26)11-10-21(30-24)17-25-22(27)9-6-19-4-7-20(29-3)8-5-19/h4-5,7-8,18,21H,6,9-17H2,1-3H3,(H,25,27)/t21-/m1/s1. The number of carbonyl (C=O) groups excluding carboxylic acids is 2. The Kier molecular flexibility index (Phi) is 7.75. The first kappa shape index (κ1) is 22.6. The third-order valence-corrected chi connectivity index (χ3v) is 6.28. The molecular formula is C24H36N2O4. The first-order valence-electron chi connectivity index (χ1n) is 11.2. The van der Waals surface area contributed by atoms with Crippen molar-refractivity contribution < 1.29 is 19.1 Å². The van der Waals surface area contributed by atoms with Crippen LogP contribution < -0.4 is 10.1 Å². The van der Waals surface area contributed by atoms with Crippen LogP contribution in [-0.4, -0.2) is 55.2 Å². The van der Waals surface area contributed by atoms with Crippen LogP contribution in [0.15, 0.2) is 24.3 Å². The van der Waals surface area contributed by atoms with Gasteiger partial charge < -0.3 is 19.7 Å². The van der Waals surface area contributed by atoms with E-state index >= 15 is 0 Å². The minimum atomic E-state index is -0.104. The highest BCUT2D eigenvalue weighted by Gasteiger charge is 2.43. The summed E-state index contributed by atoms with van der Waals surface area (Å²) < 4.78 is 11.5. The molecule has 0 saturated carbocycles. The maximum atomic E-state index is 12.3. The smallest absolute Gasteiger partial charge is 0.222 e. The number of aryl methyl sites for hydroxylation is 1. The van der Waals surface area contributed by atoms with E-state index in [2.05, 4.69) is 19.2 Å². The van der Waals surface area contributed by atoms with E-state index in [1.807, 2.05) is 29.2 Å². The minimum absolute atomic E-state index is 0.0597. The van der Waals surface area contributed by atoms with E-state index in [9.17, 15) is 9.59 Å². The van der Waals surface area contributed by atoms with E-state index in [-0.39, 0.29) is 23.5 Å². The van der Waals surface area contributed by atoms with E-state index in [0.717, 1.165) is 50.1 Å². The Labute approximate surface area is 180 Å². The van der Waals surface area contributed by atoms with Gasteiger partial charge in [0.2, 0.25) is 11.8 Å². The average Bonchev–Trinajstić information content (AvgIpc) is 3.13. The zero-order valence-corrected chi connectivity index (χ0v) is 18.6. The number of benzene rings is 1. The Morgan fingerprint density at radius 2 is 1.90 bits per heavy atom. The molecule has 2 aliphatic rings. The molecule has 2 heterocycles. The molecule has 1 aromatic rings. The second kappa shape index (κ2) is 10.3. The zero-order valence-electron chi connectivity index (χ0n) is 18.6. The van der Waals surface area contributed by atoms with Crippen molar-refractivity contribution in [1.82, 2.24) is 10.2 Å². The average molecular weight is 417 g/mol. The van der Waals surface area contributed by atoms with Gasteiger partial charge in [0.15, 0.2) is 0 Å². The summed E-state index contributed by atoms with van der Waals surface area (Å²) in [5.74, 6) is 1.54. The number of methoxy groups -OCH3 is 1. The number of likely N-dealkylation sites (tertiary alicyclic amines) is 1. The summed E-state index contributed by atoms with van der Waals surface area (Å²) >= 11 is 0. The molecule has 1 aromatic carbocycles. The van der Waals surface area contributed by atoms with E-state index < -0.39 is 0 Å².